The van der Waals surface area contributed by atoms with Gasteiger partial charge in [0.1, 0.15) is 11.9 Å². The van der Waals surface area contributed by atoms with Gasteiger partial charge in [-0.2, -0.15) is 0 Å². The van der Waals surface area contributed by atoms with Gasteiger partial charge in [-0.05, 0) is 94.2 Å². The maximum Gasteiger partial charge on any atom is 0.411 e. The minimum absolute atomic E-state index is 0.0559. The molecule has 2 fully saturated rings. The van der Waals surface area contributed by atoms with Gasteiger partial charge in [-0.3, -0.25) is 5.32 Å². The molecule has 0 unspecified atom stereocenters. The summed E-state index contributed by atoms with van der Waals surface area (Å²) in [6, 6.07) is 14.0. The van der Waals surface area contributed by atoms with Gasteiger partial charge in [0, 0.05) is 41.1 Å². The van der Waals surface area contributed by atoms with Crippen LogP contribution in [-0.4, -0.2) is 26.7 Å². The highest BCUT2D eigenvalue weighted by Gasteiger charge is 2.31. The molecule has 0 saturated heterocycles. The Kier molecular flexibility index (Phi) is 6.18. The Labute approximate surface area is 222 Å². The average molecular weight is 512 g/mol. The molecule has 4 aromatic rings. The van der Waals surface area contributed by atoms with Gasteiger partial charge in [-0.15, -0.1) is 0 Å². The van der Waals surface area contributed by atoms with Crippen molar-refractivity contribution in [3.05, 3.63) is 59.9 Å². The molecule has 0 spiro atoms. The third kappa shape index (κ3) is 5.03. The van der Waals surface area contributed by atoms with Crippen LogP contribution in [-0.2, 0) is 11.3 Å². The summed E-state index contributed by atoms with van der Waals surface area (Å²) >= 11 is 0. The Bertz CT molecular complexity index is 1520. The zero-order chi connectivity index (χ0) is 26.4. The molecule has 2 aromatic carbocycles. The van der Waals surface area contributed by atoms with Crippen molar-refractivity contribution >= 4 is 28.4 Å². The molecule has 0 radical (unpaired) electrons. The molecule has 6 rings (SSSR count). The first-order valence-corrected chi connectivity index (χ1v) is 13.3. The molecule has 0 aliphatic heterocycles. The van der Waals surface area contributed by atoms with Gasteiger partial charge in [-0.1, -0.05) is 6.07 Å². The van der Waals surface area contributed by atoms with Crippen molar-refractivity contribution < 1.29 is 14.3 Å². The molecule has 2 aliphatic carbocycles. The highest BCUT2D eigenvalue weighted by Crippen LogP contribution is 2.42. The van der Waals surface area contributed by atoms with E-state index in [1.54, 1.807) is 6.20 Å². The summed E-state index contributed by atoms with van der Waals surface area (Å²) in [6.45, 7) is 6.79. The van der Waals surface area contributed by atoms with Crippen LogP contribution in [0, 0.1) is 25.7 Å². The lowest BCUT2D eigenvalue weighted by atomic mass is 10.0. The Balaban J connectivity index is 1.32. The second kappa shape index (κ2) is 9.67. The highest BCUT2D eigenvalue weighted by atomic mass is 16.6. The van der Waals surface area contributed by atoms with Crippen LogP contribution in [0.15, 0.2) is 48.7 Å². The Morgan fingerprint density at radius 1 is 1.13 bits per heavy atom. The largest absolute Gasteiger partial charge is 0.446 e. The van der Waals surface area contributed by atoms with Crippen molar-refractivity contribution in [1.29, 1.82) is 0 Å². The molecular formula is C30H33N5O3. The summed E-state index contributed by atoms with van der Waals surface area (Å²) in [5.74, 6) is 1.80. The minimum Gasteiger partial charge on any atom is -0.446 e. The lowest BCUT2D eigenvalue weighted by Crippen LogP contribution is -2.21. The Hall–Kier alpha value is -4.07. The number of aryl methyl sites for hydroxylation is 2. The molecular weight excluding hydrogens is 478 g/mol. The van der Waals surface area contributed by atoms with Crippen molar-refractivity contribution in [3.63, 3.8) is 0 Å². The first-order chi connectivity index (χ1) is 18.4. The summed E-state index contributed by atoms with van der Waals surface area (Å²) < 4.78 is 13.8. The number of nitrogens with one attached hydrogen (secondary N) is 1. The van der Waals surface area contributed by atoms with E-state index in [1.807, 2.05) is 63.2 Å². The van der Waals surface area contributed by atoms with Gasteiger partial charge in [0.15, 0.2) is 0 Å². The number of benzene rings is 2. The smallest absolute Gasteiger partial charge is 0.411 e. The Morgan fingerprint density at radius 2 is 1.95 bits per heavy atom. The molecule has 2 aromatic heterocycles. The second-order valence-corrected chi connectivity index (χ2v) is 10.7. The van der Waals surface area contributed by atoms with Crippen molar-refractivity contribution in [2.75, 3.05) is 11.1 Å². The predicted molar refractivity (Wildman–Crippen MR) is 148 cm³/mol. The van der Waals surface area contributed by atoms with E-state index in [0.717, 1.165) is 58.5 Å². The summed E-state index contributed by atoms with van der Waals surface area (Å²) in [5, 5.41) is 3.86. The molecule has 1 amide bonds. The van der Waals surface area contributed by atoms with E-state index in [2.05, 4.69) is 19.9 Å². The van der Waals surface area contributed by atoms with Gasteiger partial charge in [-0.25, -0.2) is 14.8 Å². The summed E-state index contributed by atoms with van der Waals surface area (Å²) in [4.78, 5) is 21.0. The number of ether oxygens (including phenoxy) is 2. The molecule has 0 bridgehead atoms. The lowest BCUT2D eigenvalue weighted by molar-refractivity contribution is 0.108. The first kappa shape index (κ1) is 24.3. The normalized spacial score (nSPS) is 15.9. The van der Waals surface area contributed by atoms with Gasteiger partial charge in [0.2, 0.25) is 0 Å². The topological polar surface area (TPSA) is 104 Å². The zero-order valence-electron chi connectivity index (χ0n) is 22.0. The number of hydrogen-bond donors (Lipinski definition) is 2. The van der Waals surface area contributed by atoms with E-state index in [1.165, 1.54) is 12.8 Å². The van der Waals surface area contributed by atoms with Crippen LogP contribution in [0.3, 0.4) is 0 Å². The Morgan fingerprint density at radius 3 is 2.66 bits per heavy atom. The number of nitrogen functional groups attached to an aromatic ring is 1. The SMILES string of the molecule is Cc1ccnc(Oc2ccc3c(N)c(-c4ccc(NC(=O)O[C@H](C)C5CC5)cc4C)n(CC4CC4)c3c2)n1. The van der Waals surface area contributed by atoms with Crippen molar-refractivity contribution in [2.24, 2.45) is 11.8 Å². The van der Waals surface area contributed by atoms with E-state index in [4.69, 9.17) is 15.2 Å². The summed E-state index contributed by atoms with van der Waals surface area (Å²) in [5.41, 5.74) is 13.2. The molecule has 196 valence electrons. The van der Waals surface area contributed by atoms with Crippen LogP contribution in [0.25, 0.3) is 22.2 Å². The standard InChI is InChI=1S/C30H33N5O3/c1-17-14-22(34-30(36)37-19(3)21-6-7-21)8-10-24(17)28-27(31)25-11-9-23(38-29-32-13-12-18(2)33-29)15-26(25)35(28)16-20-4-5-20/h8-15,19-21H,4-7,16,31H2,1-3H3,(H,34,36)/t19-/m1/s1. The van der Waals surface area contributed by atoms with Gasteiger partial charge < -0.3 is 19.8 Å². The van der Waals surface area contributed by atoms with Crippen LogP contribution in [0.4, 0.5) is 16.2 Å². The summed E-state index contributed by atoms with van der Waals surface area (Å²) in [7, 11) is 0. The number of nitrogens with zero attached hydrogens (tertiary/aromatic N) is 3. The van der Waals surface area contributed by atoms with Crippen LogP contribution in [0.1, 0.15) is 43.9 Å². The third-order valence-corrected chi connectivity index (χ3v) is 7.50. The van der Waals surface area contributed by atoms with Crippen LogP contribution < -0.4 is 15.8 Å². The lowest BCUT2D eigenvalue weighted by Gasteiger charge is -2.16. The van der Waals surface area contributed by atoms with Gasteiger partial charge in [0.05, 0.1) is 16.9 Å². The average Bonchev–Trinajstić information content (AvgIpc) is 3.79. The molecule has 8 nitrogen and oxygen atoms in total. The molecule has 1 atom stereocenters. The van der Waals surface area contributed by atoms with E-state index < -0.39 is 6.09 Å². The van der Waals surface area contributed by atoms with E-state index in [9.17, 15) is 4.79 Å². The van der Waals surface area contributed by atoms with Crippen molar-refractivity contribution in [2.45, 2.75) is 59.1 Å². The number of carbonyl (C=O) groups excluding carboxylic acids is 1. The molecule has 8 heteroatoms. The fourth-order valence-corrected chi connectivity index (χ4v) is 5.02. The number of amides is 1. The van der Waals surface area contributed by atoms with Crippen LogP contribution in [0.2, 0.25) is 0 Å². The molecule has 38 heavy (non-hydrogen) atoms. The number of hydrogen-bond acceptors (Lipinski definition) is 6. The number of aromatic nitrogens is 3. The molecule has 2 aliphatic rings. The third-order valence-electron chi connectivity index (χ3n) is 7.50. The predicted octanol–water partition coefficient (Wildman–Crippen LogP) is 6.85. The fraction of sp³-hybridized carbons (Fsp3) is 0.367. The van der Waals surface area contributed by atoms with Gasteiger partial charge in [0.25, 0.3) is 0 Å². The quantitative estimate of drug-likeness (QED) is 0.268. The first-order valence-electron chi connectivity index (χ1n) is 13.3. The minimum atomic E-state index is -0.413. The fourth-order valence-electron chi connectivity index (χ4n) is 5.02. The van der Waals surface area contributed by atoms with Gasteiger partial charge >= 0.3 is 12.1 Å². The van der Waals surface area contributed by atoms with E-state index in [0.29, 0.717) is 29.3 Å². The number of fused-ring (bicyclic) bond motifs is 1. The number of rotatable bonds is 8. The number of carbonyl (C=O) groups is 1. The van der Waals surface area contributed by atoms with E-state index in [-0.39, 0.29) is 6.10 Å². The van der Waals surface area contributed by atoms with Crippen LogP contribution in [0.5, 0.6) is 11.8 Å². The second-order valence-electron chi connectivity index (χ2n) is 10.7. The number of nitrogens with two attached hydrogens (primary N) is 1. The van der Waals surface area contributed by atoms with Crippen LogP contribution >= 0.6 is 0 Å². The molecule has 3 N–H and O–H groups in total. The number of anilines is 2. The highest BCUT2D eigenvalue weighted by molar-refractivity contribution is 6.02. The zero-order valence-corrected chi connectivity index (χ0v) is 22.0. The maximum absolute atomic E-state index is 12.4. The molecule has 2 heterocycles. The van der Waals surface area contributed by atoms with Crippen molar-refractivity contribution in [1.82, 2.24) is 14.5 Å². The monoisotopic (exact) mass is 511 g/mol. The maximum atomic E-state index is 12.4. The molecule has 2 saturated carbocycles. The van der Waals surface area contributed by atoms with E-state index >= 15 is 0 Å². The van der Waals surface area contributed by atoms with Crippen molar-refractivity contribution in [3.8, 4) is 23.0 Å². The summed E-state index contributed by atoms with van der Waals surface area (Å²) in [6.07, 6.45) is 5.92.